The number of nitrogens with zero attached hydrogens (tertiary/aromatic N) is 2. The largest absolute Gasteiger partial charge is 0.497 e. The molecule has 0 aromatic heterocycles. The van der Waals surface area contributed by atoms with Gasteiger partial charge in [0.2, 0.25) is 0 Å². The number of ether oxygens (including phenoxy) is 2. The van der Waals surface area contributed by atoms with Crippen LogP contribution in [0, 0.1) is 0 Å². The van der Waals surface area contributed by atoms with Gasteiger partial charge in [0.1, 0.15) is 11.8 Å². The zero-order chi connectivity index (χ0) is 17.1. The highest BCUT2D eigenvalue weighted by molar-refractivity contribution is 6.04. The van der Waals surface area contributed by atoms with Crippen LogP contribution in [-0.2, 0) is 16.1 Å². The number of hydrogen-bond donors (Lipinski definition) is 1. The highest BCUT2D eigenvalue weighted by atomic mass is 16.5. The molecule has 0 unspecified atom stereocenters. The molecule has 0 bridgehead atoms. The van der Waals surface area contributed by atoms with Crippen molar-refractivity contribution in [2.75, 3.05) is 26.8 Å². The van der Waals surface area contributed by atoms with E-state index in [0.717, 1.165) is 22.6 Å². The Morgan fingerprint density at radius 3 is 2.71 bits per heavy atom. The number of imide groups is 1. The van der Waals surface area contributed by atoms with Gasteiger partial charge in [0.05, 0.1) is 33.0 Å². The van der Waals surface area contributed by atoms with E-state index in [4.69, 9.17) is 9.47 Å². The van der Waals surface area contributed by atoms with E-state index in [9.17, 15) is 14.7 Å². The van der Waals surface area contributed by atoms with Crippen molar-refractivity contribution in [2.24, 2.45) is 0 Å². The van der Waals surface area contributed by atoms with E-state index >= 15 is 0 Å². The molecule has 2 heterocycles. The van der Waals surface area contributed by atoms with Crippen molar-refractivity contribution in [1.29, 1.82) is 0 Å². The van der Waals surface area contributed by atoms with Crippen molar-refractivity contribution in [2.45, 2.75) is 31.6 Å². The summed E-state index contributed by atoms with van der Waals surface area (Å²) in [4.78, 5) is 27.1. The predicted octanol–water partition coefficient (Wildman–Crippen LogP) is 0.999. The standard InChI is InChI=1S/C17H22N2O5/c1-23-14-6-4-12(5-7-14)10-24-11-13(20)9-19-16(21)15-3-2-8-18(15)17(19)22/h4-7,13,15,20H,2-3,8-11H2,1H3/t13-,15-/m1/s1. The number of hydrogen-bond acceptors (Lipinski definition) is 5. The lowest BCUT2D eigenvalue weighted by molar-refractivity contribution is -0.129. The molecule has 3 rings (SSSR count). The lowest BCUT2D eigenvalue weighted by atomic mass is 10.2. The predicted molar refractivity (Wildman–Crippen MR) is 85.5 cm³/mol. The number of carbonyl (C=O) groups is 2. The van der Waals surface area contributed by atoms with Crippen molar-refractivity contribution >= 4 is 11.9 Å². The minimum absolute atomic E-state index is 0.0206. The van der Waals surface area contributed by atoms with E-state index in [2.05, 4.69) is 0 Å². The summed E-state index contributed by atoms with van der Waals surface area (Å²) in [6.45, 7) is 1.01. The zero-order valence-corrected chi connectivity index (χ0v) is 13.7. The van der Waals surface area contributed by atoms with E-state index < -0.39 is 6.10 Å². The Kier molecular flexibility index (Phi) is 5.01. The fourth-order valence-electron chi connectivity index (χ4n) is 3.15. The first kappa shape index (κ1) is 16.7. The Morgan fingerprint density at radius 2 is 2.04 bits per heavy atom. The molecular weight excluding hydrogens is 312 g/mol. The summed E-state index contributed by atoms with van der Waals surface area (Å²) in [5, 5.41) is 10.1. The maximum Gasteiger partial charge on any atom is 0.327 e. The van der Waals surface area contributed by atoms with Gasteiger partial charge in [0.15, 0.2) is 0 Å². The minimum atomic E-state index is -0.892. The quantitative estimate of drug-likeness (QED) is 0.753. The molecule has 2 atom stereocenters. The van der Waals surface area contributed by atoms with Crippen molar-refractivity contribution in [1.82, 2.24) is 9.80 Å². The smallest absolute Gasteiger partial charge is 0.327 e. The topological polar surface area (TPSA) is 79.3 Å². The van der Waals surface area contributed by atoms with Gasteiger partial charge in [-0.05, 0) is 30.5 Å². The summed E-state index contributed by atoms with van der Waals surface area (Å²) in [6.07, 6.45) is 0.686. The highest BCUT2D eigenvalue weighted by Gasteiger charge is 2.47. The summed E-state index contributed by atoms with van der Waals surface area (Å²) >= 11 is 0. The Hall–Kier alpha value is -2.12. The van der Waals surface area contributed by atoms with Crippen LogP contribution in [0.2, 0.25) is 0 Å². The second kappa shape index (κ2) is 7.19. The number of fused-ring (bicyclic) bond motifs is 1. The van der Waals surface area contributed by atoms with Gasteiger partial charge >= 0.3 is 6.03 Å². The number of aliphatic hydroxyl groups is 1. The molecule has 2 aliphatic rings. The fourth-order valence-corrected chi connectivity index (χ4v) is 3.15. The number of β-amino-alcohol motifs (C(OH)–C–C–N with tert-alkyl or cyclic N) is 1. The number of carbonyl (C=O) groups excluding carboxylic acids is 2. The van der Waals surface area contributed by atoms with Crippen molar-refractivity contribution in [3.05, 3.63) is 29.8 Å². The molecule has 2 saturated heterocycles. The lowest BCUT2D eigenvalue weighted by Crippen LogP contribution is -2.40. The molecule has 130 valence electrons. The molecule has 0 saturated carbocycles. The van der Waals surface area contributed by atoms with Gasteiger partial charge in [-0.3, -0.25) is 9.69 Å². The van der Waals surface area contributed by atoms with Gasteiger partial charge in [-0.2, -0.15) is 0 Å². The van der Waals surface area contributed by atoms with Crippen LogP contribution in [0.15, 0.2) is 24.3 Å². The molecule has 2 aliphatic heterocycles. The molecule has 1 aromatic rings. The number of benzene rings is 1. The van der Waals surface area contributed by atoms with Gasteiger partial charge < -0.3 is 19.5 Å². The Balaban J connectivity index is 1.45. The molecule has 7 nitrogen and oxygen atoms in total. The van der Waals surface area contributed by atoms with Crippen molar-refractivity contribution < 1.29 is 24.2 Å². The second-order valence-electron chi connectivity index (χ2n) is 6.10. The molecule has 1 N–H and O–H groups in total. The van der Waals surface area contributed by atoms with Gasteiger partial charge in [-0.15, -0.1) is 0 Å². The Morgan fingerprint density at radius 1 is 1.29 bits per heavy atom. The summed E-state index contributed by atoms with van der Waals surface area (Å²) < 4.78 is 10.6. The number of aliphatic hydroxyl groups excluding tert-OH is 1. The van der Waals surface area contributed by atoms with Gasteiger partial charge in [0.25, 0.3) is 5.91 Å². The number of amides is 3. The summed E-state index contributed by atoms with van der Waals surface area (Å²) in [5.41, 5.74) is 0.956. The highest BCUT2D eigenvalue weighted by Crippen LogP contribution is 2.27. The van der Waals surface area contributed by atoms with Crippen LogP contribution in [0.1, 0.15) is 18.4 Å². The molecule has 0 spiro atoms. The zero-order valence-electron chi connectivity index (χ0n) is 13.7. The summed E-state index contributed by atoms with van der Waals surface area (Å²) in [7, 11) is 1.60. The summed E-state index contributed by atoms with van der Waals surface area (Å²) in [6, 6.07) is 6.82. The SMILES string of the molecule is COc1ccc(COC[C@H](O)CN2C(=O)[C@H]3CCCN3C2=O)cc1. The molecule has 24 heavy (non-hydrogen) atoms. The number of methoxy groups -OCH3 is 1. The van der Waals surface area contributed by atoms with Crippen LogP contribution < -0.4 is 4.74 Å². The minimum Gasteiger partial charge on any atom is -0.497 e. The Labute approximate surface area is 140 Å². The molecule has 0 aliphatic carbocycles. The number of rotatable bonds is 7. The lowest BCUT2D eigenvalue weighted by Gasteiger charge is -2.19. The van der Waals surface area contributed by atoms with Crippen molar-refractivity contribution in [3.63, 3.8) is 0 Å². The third-order valence-electron chi connectivity index (χ3n) is 4.41. The number of urea groups is 1. The average molecular weight is 334 g/mol. The van der Waals surface area contributed by atoms with E-state index in [1.807, 2.05) is 24.3 Å². The van der Waals surface area contributed by atoms with Crippen LogP contribution in [0.4, 0.5) is 4.79 Å². The molecule has 0 radical (unpaired) electrons. The average Bonchev–Trinajstić information content (AvgIpc) is 3.15. The molecule has 3 amide bonds. The first-order valence-electron chi connectivity index (χ1n) is 8.11. The molecule has 2 fully saturated rings. The van der Waals surface area contributed by atoms with Crippen LogP contribution >= 0.6 is 0 Å². The van der Waals surface area contributed by atoms with E-state index in [1.54, 1.807) is 12.0 Å². The maximum absolute atomic E-state index is 12.2. The molecule has 1 aromatic carbocycles. The van der Waals surface area contributed by atoms with E-state index in [-0.39, 0.29) is 31.1 Å². The normalized spacial score (nSPS) is 21.3. The van der Waals surface area contributed by atoms with Crippen molar-refractivity contribution in [3.8, 4) is 5.75 Å². The monoisotopic (exact) mass is 334 g/mol. The maximum atomic E-state index is 12.2. The van der Waals surface area contributed by atoms with Gasteiger partial charge in [-0.1, -0.05) is 12.1 Å². The first-order valence-corrected chi connectivity index (χ1v) is 8.11. The van der Waals surface area contributed by atoms with Crippen LogP contribution in [0.25, 0.3) is 0 Å². The van der Waals surface area contributed by atoms with E-state index in [1.165, 1.54) is 0 Å². The third kappa shape index (κ3) is 3.37. The summed E-state index contributed by atoms with van der Waals surface area (Å²) in [5.74, 6) is 0.567. The third-order valence-corrected chi connectivity index (χ3v) is 4.41. The first-order chi connectivity index (χ1) is 11.6. The Bertz CT molecular complexity index is 582. The van der Waals surface area contributed by atoms with Gasteiger partial charge in [-0.25, -0.2) is 4.79 Å². The fraction of sp³-hybridized carbons (Fsp3) is 0.529. The van der Waals surface area contributed by atoms with Crippen LogP contribution in [0.3, 0.4) is 0 Å². The van der Waals surface area contributed by atoms with Crippen LogP contribution in [-0.4, -0.2) is 65.8 Å². The molecular formula is C17H22N2O5. The van der Waals surface area contributed by atoms with Gasteiger partial charge in [0, 0.05) is 6.54 Å². The van der Waals surface area contributed by atoms with E-state index in [0.29, 0.717) is 19.6 Å². The van der Waals surface area contributed by atoms with Crippen LogP contribution in [0.5, 0.6) is 5.75 Å². The molecule has 7 heteroatoms. The second-order valence-corrected chi connectivity index (χ2v) is 6.10.